The predicted molar refractivity (Wildman–Crippen MR) is 110 cm³/mol. The van der Waals surface area contributed by atoms with E-state index in [4.69, 9.17) is 4.74 Å². The van der Waals surface area contributed by atoms with Crippen molar-refractivity contribution in [2.24, 2.45) is 0 Å². The number of rotatable bonds is 8. The van der Waals surface area contributed by atoms with Crippen molar-refractivity contribution < 1.29 is 9.53 Å². The summed E-state index contributed by atoms with van der Waals surface area (Å²) >= 11 is 1.36. The molecule has 0 aliphatic rings. The van der Waals surface area contributed by atoms with E-state index in [2.05, 4.69) is 20.5 Å². The number of aryl methyl sites for hydroxylation is 1. The molecule has 3 rings (SSSR count). The fraction of sp³-hybridized carbons (Fsp3) is 0.300. The minimum absolute atomic E-state index is 0.0419. The number of aromatic nitrogens is 4. The first-order valence-electron chi connectivity index (χ1n) is 8.93. The van der Waals surface area contributed by atoms with Crippen LogP contribution in [0.15, 0.2) is 53.9 Å². The van der Waals surface area contributed by atoms with E-state index in [1.807, 2.05) is 54.8 Å². The van der Waals surface area contributed by atoms with Gasteiger partial charge >= 0.3 is 0 Å². The minimum atomic E-state index is -0.0701. The molecule has 146 valence electrons. The number of pyridine rings is 1. The number of carbonyl (C=O) groups excluding carboxylic acids is 1. The lowest BCUT2D eigenvalue weighted by Gasteiger charge is -2.14. The molecule has 1 unspecified atom stereocenters. The molecular weight excluding hydrogens is 374 g/mol. The van der Waals surface area contributed by atoms with Crippen molar-refractivity contribution in [1.82, 2.24) is 25.1 Å². The number of nitrogens with one attached hydrogen (secondary N) is 1. The molecule has 3 aromatic rings. The normalized spacial score (nSPS) is 12.0. The van der Waals surface area contributed by atoms with Crippen LogP contribution >= 0.6 is 11.8 Å². The SMILES string of the molecule is COCC(C)NC(=O)CSc1nnc(-c2ccncc2)n1-c1ccccc1C. The zero-order valence-electron chi connectivity index (χ0n) is 16.1. The highest BCUT2D eigenvalue weighted by Gasteiger charge is 2.18. The zero-order chi connectivity index (χ0) is 19.9. The van der Waals surface area contributed by atoms with Crippen LogP contribution in [0.1, 0.15) is 12.5 Å². The molecule has 2 aromatic heterocycles. The van der Waals surface area contributed by atoms with Crippen LogP contribution in [0.25, 0.3) is 17.1 Å². The van der Waals surface area contributed by atoms with E-state index in [0.29, 0.717) is 17.6 Å². The van der Waals surface area contributed by atoms with E-state index < -0.39 is 0 Å². The maximum absolute atomic E-state index is 12.2. The van der Waals surface area contributed by atoms with Gasteiger partial charge in [-0.2, -0.15) is 0 Å². The molecule has 0 saturated carbocycles. The van der Waals surface area contributed by atoms with Gasteiger partial charge in [0.15, 0.2) is 11.0 Å². The molecule has 0 aliphatic heterocycles. The summed E-state index contributed by atoms with van der Waals surface area (Å²) < 4.78 is 7.04. The Morgan fingerprint density at radius 2 is 1.96 bits per heavy atom. The van der Waals surface area contributed by atoms with E-state index in [0.717, 1.165) is 16.8 Å². The standard InChI is InChI=1S/C20H23N5O2S/c1-14-6-4-5-7-17(14)25-19(16-8-10-21-11-9-16)23-24-20(25)28-13-18(26)22-15(2)12-27-3/h4-11,15H,12-13H2,1-3H3,(H,22,26). The lowest BCUT2D eigenvalue weighted by Crippen LogP contribution is -2.36. The number of thioether (sulfide) groups is 1. The zero-order valence-corrected chi connectivity index (χ0v) is 16.9. The predicted octanol–water partition coefficient (Wildman–Crippen LogP) is 2.88. The number of nitrogens with zero attached hydrogens (tertiary/aromatic N) is 4. The monoisotopic (exact) mass is 397 g/mol. The first-order chi connectivity index (χ1) is 13.6. The Hall–Kier alpha value is -2.71. The first kappa shape index (κ1) is 20.0. The van der Waals surface area contributed by atoms with Gasteiger partial charge in [-0.15, -0.1) is 10.2 Å². The van der Waals surface area contributed by atoms with Gasteiger partial charge in [0.25, 0.3) is 0 Å². The van der Waals surface area contributed by atoms with Crippen LogP contribution in [0.2, 0.25) is 0 Å². The van der Waals surface area contributed by atoms with E-state index in [9.17, 15) is 4.79 Å². The molecule has 1 aromatic carbocycles. The summed E-state index contributed by atoms with van der Waals surface area (Å²) in [5.74, 6) is 0.890. The first-order valence-corrected chi connectivity index (χ1v) is 9.91. The Balaban J connectivity index is 1.89. The Morgan fingerprint density at radius 1 is 1.21 bits per heavy atom. The van der Waals surface area contributed by atoms with Crippen LogP contribution in [0.5, 0.6) is 0 Å². The van der Waals surface area contributed by atoms with Gasteiger partial charge in [-0.05, 0) is 37.6 Å². The van der Waals surface area contributed by atoms with E-state index >= 15 is 0 Å². The van der Waals surface area contributed by atoms with Crippen molar-refractivity contribution in [3.8, 4) is 17.1 Å². The molecule has 0 spiro atoms. The van der Waals surface area contributed by atoms with E-state index in [1.54, 1.807) is 19.5 Å². The van der Waals surface area contributed by atoms with Gasteiger partial charge in [-0.3, -0.25) is 14.3 Å². The average molecular weight is 398 g/mol. The van der Waals surface area contributed by atoms with Crippen LogP contribution in [0.4, 0.5) is 0 Å². The van der Waals surface area contributed by atoms with Crippen molar-refractivity contribution in [3.63, 3.8) is 0 Å². The fourth-order valence-corrected chi connectivity index (χ4v) is 3.58. The second-order valence-corrected chi connectivity index (χ2v) is 7.32. The molecule has 0 bridgehead atoms. The maximum Gasteiger partial charge on any atom is 0.230 e. The quantitative estimate of drug-likeness (QED) is 0.589. The summed E-state index contributed by atoms with van der Waals surface area (Å²) in [6, 6.07) is 11.8. The van der Waals surface area contributed by atoms with Crippen LogP contribution < -0.4 is 5.32 Å². The Labute approximate surface area is 168 Å². The van der Waals surface area contributed by atoms with Crippen molar-refractivity contribution >= 4 is 17.7 Å². The third-order valence-corrected chi connectivity index (χ3v) is 5.01. The number of hydrogen-bond acceptors (Lipinski definition) is 6. The third kappa shape index (κ3) is 4.76. The lowest BCUT2D eigenvalue weighted by molar-refractivity contribution is -0.119. The van der Waals surface area contributed by atoms with Gasteiger partial charge in [0.1, 0.15) is 0 Å². The van der Waals surface area contributed by atoms with E-state index in [1.165, 1.54) is 11.8 Å². The van der Waals surface area contributed by atoms with Gasteiger partial charge in [0.05, 0.1) is 18.0 Å². The Bertz CT molecular complexity index is 929. The topological polar surface area (TPSA) is 81.9 Å². The van der Waals surface area contributed by atoms with Crippen molar-refractivity contribution in [2.45, 2.75) is 25.0 Å². The van der Waals surface area contributed by atoms with Gasteiger partial charge in [-0.25, -0.2) is 0 Å². The highest BCUT2D eigenvalue weighted by molar-refractivity contribution is 7.99. The highest BCUT2D eigenvalue weighted by atomic mass is 32.2. The minimum Gasteiger partial charge on any atom is -0.383 e. The molecule has 8 heteroatoms. The van der Waals surface area contributed by atoms with Crippen LogP contribution in [-0.4, -0.2) is 51.2 Å². The maximum atomic E-state index is 12.2. The molecule has 0 saturated heterocycles. The molecule has 0 radical (unpaired) electrons. The second kappa shape index (κ2) is 9.48. The van der Waals surface area contributed by atoms with Gasteiger partial charge in [-0.1, -0.05) is 30.0 Å². The number of methoxy groups -OCH3 is 1. The van der Waals surface area contributed by atoms with Gasteiger partial charge in [0.2, 0.25) is 5.91 Å². The number of ether oxygens (including phenoxy) is 1. The van der Waals surface area contributed by atoms with E-state index in [-0.39, 0.29) is 17.7 Å². The number of para-hydroxylation sites is 1. The summed E-state index contributed by atoms with van der Waals surface area (Å²) in [7, 11) is 1.61. The molecule has 0 fully saturated rings. The summed E-state index contributed by atoms with van der Waals surface area (Å²) in [6.07, 6.45) is 3.45. The third-order valence-electron chi connectivity index (χ3n) is 4.08. The largest absolute Gasteiger partial charge is 0.383 e. The summed E-state index contributed by atoms with van der Waals surface area (Å²) in [4.78, 5) is 16.3. The summed E-state index contributed by atoms with van der Waals surface area (Å²) in [5, 5.41) is 12.3. The van der Waals surface area contributed by atoms with Crippen LogP contribution in [0.3, 0.4) is 0 Å². The molecule has 2 heterocycles. The Morgan fingerprint density at radius 3 is 2.68 bits per heavy atom. The smallest absolute Gasteiger partial charge is 0.230 e. The van der Waals surface area contributed by atoms with Crippen LogP contribution in [-0.2, 0) is 9.53 Å². The van der Waals surface area contributed by atoms with Crippen LogP contribution in [0, 0.1) is 6.92 Å². The molecule has 1 amide bonds. The van der Waals surface area contributed by atoms with Gasteiger partial charge in [0, 0.05) is 31.1 Å². The molecule has 0 aliphatic carbocycles. The number of amides is 1. The molecule has 28 heavy (non-hydrogen) atoms. The van der Waals surface area contributed by atoms with Crippen molar-refractivity contribution in [1.29, 1.82) is 0 Å². The molecule has 1 N–H and O–H groups in total. The summed E-state index contributed by atoms with van der Waals surface area (Å²) in [6.45, 7) is 4.42. The van der Waals surface area contributed by atoms with Crippen molar-refractivity contribution in [2.75, 3.05) is 19.5 Å². The lowest BCUT2D eigenvalue weighted by atomic mass is 10.2. The number of hydrogen-bond donors (Lipinski definition) is 1. The number of benzene rings is 1. The number of carbonyl (C=O) groups is 1. The fourth-order valence-electron chi connectivity index (χ4n) is 2.82. The molecular formula is C20H23N5O2S. The van der Waals surface area contributed by atoms with Crippen molar-refractivity contribution in [3.05, 3.63) is 54.4 Å². The van der Waals surface area contributed by atoms with Gasteiger partial charge < -0.3 is 10.1 Å². The molecule has 7 nitrogen and oxygen atoms in total. The second-order valence-electron chi connectivity index (χ2n) is 6.38. The molecule has 1 atom stereocenters. The summed E-state index contributed by atoms with van der Waals surface area (Å²) in [5.41, 5.74) is 2.99. The average Bonchev–Trinajstić information content (AvgIpc) is 3.11. The Kier molecular flexibility index (Phi) is 6.78. The highest BCUT2D eigenvalue weighted by Crippen LogP contribution is 2.29.